The lowest BCUT2D eigenvalue weighted by atomic mass is 11.0. The van der Waals surface area contributed by atoms with Crippen LogP contribution in [0.15, 0.2) is 0 Å². The van der Waals surface area contributed by atoms with E-state index in [0.717, 1.165) is 12.2 Å². The van der Waals surface area contributed by atoms with E-state index < -0.39 is 6.00 Å². The van der Waals surface area contributed by atoms with Crippen LogP contribution in [0, 0.1) is 0 Å². The van der Waals surface area contributed by atoms with Gasteiger partial charge in [0.25, 0.3) is 0 Å². The molecule has 5 heteroatoms. The second kappa shape index (κ2) is 4.41. The van der Waals surface area contributed by atoms with Gasteiger partial charge in [0.2, 0.25) is 0 Å². The third-order valence-corrected chi connectivity index (χ3v) is 4.90. The minimum absolute atomic E-state index is 0.117. The molecule has 0 bridgehead atoms. The van der Waals surface area contributed by atoms with E-state index in [2.05, 4.69) is 13.3 Å². The summed E-state index contributed by atoms with van der Waals surface area (Å²) >= 11 is 17.0. The Balaban J connectivity index is 3.28. The maximum atomic E-state index is 5.66. The standard InChI is InChI=1S/C4H10Cl3PSi/c1-8(2)3-4-9(5,6)7/h3-4H2,1-2H3. The highest BCUT2D eigenvalue weighted by atomic mass is 35.8. The van der Waals surface area contributed by atoms with Crippen molar-refractivity contribution < 1.29 is 0 Å². The van der Waals surface area contributed by atoms with E-state index in [0.29, 0.717) is 0 Å². The van der Waals surface area contributed by atoms with Gasteiger partial charge in [0, 0.05) is 0 Å². The zero-order valence-electron chi connectivity index (χ0n) is 5.50. The van der Waals surface area contributed by atoms with Crippen molar-refractivity contribution in [2.75, 3.05) is 19.5 Å². The zero-order valence-corrected chi connectivity index (χ0v) is 9.66. The molecular weight excluding hydrogens is 213 g/mol. The van der Waals surface area contributed by atoms with Gasteiger partial charge in [-0.15, -0.1) is 41.2 Å². The Morgan fingerprint density at radius 3 is 1.78 bits per heavy atom. The summed E-state index contributed by atoms with van der Waals surface area (Å²) in [7, 11) is 0.117. The van der Waals surface area contributed by atoms with Crippen LogP contribution in [0.4, 0.5) is 0 Å². The maximum absolute atomic E-state index is 5.66. The first-order valence-electron chi connectivity index (χ1n) is 2.63. The molecule has 0 spiro atoms. The Labute approximate surface area is 72.7 Å². The van der Waals surface area contributed by atoms with E-state index in [1.54, 1.807) is 0 Å². The van der Waals surface area contributed by atoms with Gasteiger partial charge in [0.15, 0.2) is 0 Å². The molecular formula is C4H10Cl3PSi. The molecule has 0 N–H and O–H groups in total. The smallest absolute Gasteiger partial charge is 0.126 e. The van der Waals surface area contributed by atoms with Crippen LogP contribution in [0.25, 0.3) is 0 Å². The summed E-state index contributed by atoms with van der Waals surface area (Å²) < 4.78 is 0. The van der Waals surface area contributed by atoms with Gasteiger partial charge in [0.1, 0.15) is 0 Å². The lowest BCUT2D eigenvalue weighted by Crippen LogP contribution is -2.09. The van der Waals surface area contributed by atoms with Crippen molar-refractivity contribution in [1.29, 1.82) is 0 Å². The maximum Gasteiger partial charge on any atom is 0.341 e. The summed E-state index contributed by atoms with van der Waals surface area (Å²) in [5.74, 6) is 0. The van der Waals surface area contributed by atoms with Crippen LogP contribution in [-0.4, -0.2) is 25.5 Å². The fraction of sp³-hybridized carbons (Fsp3) is 1.00. The molecule has 0 aliphatic carbocycles. The van der Waals surface area contributed by atoms with Crippen molar-refractivity contribution in [2.45, 2.75) is 6.04 Å². The summed E-state index contributed by atoms with van der Waals surface area (Å²) in [6.45, 7) is 4.39. The van der Waals surface area contributed by atoms with Gasteiger partial charge in [-0.1, -0.05) is 0 Å². The minimum atomic E-state index is -2.29. The Hall–Kier alpha value is 1.52. The predicted octanol–water partition coefficient (Wildman–Crippen LogP) is 3.38. The lowest BCUT2D eigenvalue weighted by molar-refractivity contribution is 1.46. The van der Waals surface area contributed by atoms with E-state index in [1.807, 2.05) is 0 Å². The van der Waals surface area contributed by atoms with Crippen LogP contribution in [0.5, 0.6) is 0 Å². The van der Waals surface area contributed by atoms with Gasteiger partial charge < -0.3 is 0 Å². The molecule has 56 valence electrons. The average molecular weight is 224 g/mol. The second-order valence-corrected chi connectivity index (χ2v) is 14.1. The molecule has 0 aromatic carbocycles. The molecule has 0 nitrogen and oxygen atoms in total. The molecule has 0 aromatic heterocycles. The highest BCUT2D eigenvalue weighted by Crippen LogP contribution is 2.33. The fourth-order valence-corrected chi connectivity index (χ4v) is 5.44. The fourth-order valence-electron chi connectivity index (χ4n) is 0.350. The molecule has 0 aliphatic heterocycles. The Morgan fingerprint density at radius 2 is 1.67 bits per heavy atom. The van der Waals surface area contributed by atoms with Gasteiger partial charge in [-0.2, -0.15) is 0 Å². The third kappa shape index (κ3) is 9.52. The molecule has 0 fully saturated rings. The van der Waals surface area contributed by atoms with E-state index in [4.69, 9.17) is 33.2 Å². The van der Waals surface area contributed by atoms with E-state index >= 15 is 0 Å². The van der Waals surface area contributed by atoms with Gasteiger partial charge in [-0.05, 0) is 25.5 Å². The van der Waals surface area contributed by atoms with Crippen LogP contribution in [0.3, 0.4) is 0 Å². The first-order valence-corrected chi connectivity index (χ1v) is 10.3. The van der Waals surface area contributed by atoms with Gasteiger partial charge >= 0.3 is 6.00 Å². The summed E-state index contributed by atoms with van der Waals surface area (Å²) in [4.78, 5) is 0. The van der Waals surface area contributed by atoms with E-state index in [-0.39, 0.29) is 7.92 Å². The van der Waals surface area contributed by atoms with E-state index in [1.165, 1.54) is 0 Å². The molecule has 0 saturated carbocycles. The van der Waals surface area contributed by atoms with Crippen molar-refractivity contribution in [3.05, 3.63) is 0 Å². The largest absolute Gasteiger partial charge is 0.341 e. The van der Waals surface area contributed by atoms with Crippen LogP contribution < -0.4 is 0 Å². The van der Waals surface area contributed by atoms with Crippen molar-refractivity contribution in [3.8, 4) is 0 Å². The molecule has 0 radical (unpaired) electrons. The van der Waals surface area contributed by atoms with E-state index in [9.17, 15) is 0 Å². The number of hydrogen-bond donors (Lipinski definition) is 0. The first-order chi connectivity index (χ1) is 3.92. The molecule has 9 heavy (non-hydrogen) atoms. The summed E-state index contributed by atoms with van der Waals surface area (Å²) in [5.41, 5.74) is 0. The average Bonchev–Trinajstić information content (AvgIpc) is 1.59. The van der Waals surface area contributed by atoms with Gasteiger partial charge in [-0.3, -0.25) is 0 Å². The molecule has 0 rings (SSSR count). The number of halogens is 3. The van der Waals surface area contributed by atoms with Crippen LogP contribution >= 0.6 is 41.2 Å². The molecule has 0 aliphatic rings. The highest BCUT2D eigenvalue weighted by Gasteiger charge is 2.24. The lowest BCUT2D eigenvalue weighted by Gasteiger charge is -2.08. The Morgan fingerprint density at radius 1 is 1.22 bits per heavy atom. The van der Waals surface area contributed by atoms with Crippen LogP contribution in [0.1, 0.15) is 0 Å². The highest BCUT2D eigenvalue weighted by molar-refractivity contribution is 7.65. The SMILES string of the molecule is CP(C)CC[Si](Cl)(Cl)Cl. The molecule has 0 amide bonds. The van der Waals surface area contributed by atoms with Gasteiger partial charge in [0.05, 0.1) is 0 Å². The van der Waals surface area contributed by atoms with Crippen molar-refractivity contribution in [2.24, 2.45) is 0 Å². The van der Waals surface area contributed by atoms with Crippen molar-refractivity contribution in [3.63, 3.8) is 0 Å². The third-order valence-electron chi connectivity index (χ3n) is 0.842. The molecule has 0 atom stereocenters. The quantitative estimate of drug-likeness (QED) is 0.391. The minimum Gasteiger partial charge on any atom is -0.126 e. The topological polar surface area (TPSA) is 0 Å². The number of hydrogen-bond acceptors (Lipinski definition) is 0. The first kappa shape index (κ1) is 10.5. The van der Waals surface area contributed by atoms with Crippen LogP contribution in [-0.2, 0) is 0 Å². The van der Waals surface area contributed by atoms with Crippen molar-refractivity contribution >= 4 is 47.2 Å². The number of rotatable bonds is 3. The summed E-state index contributed by atoms with van der Waals surface area (Å²) in [6, 6.07) is -1.47. The molecule has 0 aromatic rings. The predicted molar refractivity (Wildman–Crippen MR) is 51.8 cm³/mol. The normalized spacial score (nSPS) is 12.7. The molecule has 0 saturated heterocycles. The zero-order chi connectivity index (χ0) is 7.49. The summed E-state index contributed by atoms with van der Waals surface area (Å²) in [6.07, 6.45) is 1.10. The monoisotopic (exact) mass is 222 g/mol. The molecule has 0 unspecified atom stereocenters. The Kier molecular flexibility index (Phi) is 5.15. The Bertz CT molecular complexity index is 80.4. The van der Waals surface area contributed by atoms with Crippen LogP contribution in [0.2, 0.25) is 6.04 Å². The van der Waals surface area contributed by atoms with Gasteiger partial charge in [-0.25, -0.2) is 0 Å². The van der Waals surface area contributed by atoms with Crippen molar-refractivity contribution in [1.82, 2.24) is 0 Å². The molecule has 0 heterocycles. The summed E-state index contributed by atoms with van der Waals surface area (Å²) in [5, 5.41) is 0. The second-order valence-electron chi connectivity index (χ2n) is 2.17.